The van der Waals surface area contributed by atoms with Crippen LogP contribution in [-0.2, 0) is 16.0 Å². The van der Waals surface area contributed by atoms with Crippen molar-refractivity contribution >= 4 is 17.0 Å². The number of nitrogens with zero attached hydrogens (tertiary/aromatic N) is 3. The van der Waals surface area contributed by atoms with E-state index in [0.29, 0.717) is 24.8 Å². The minimum Gasteiger partial charge on any atom is -0.441 e. The molecule has 1 aromatic heterocycles. The molecule has 2 saturated heterocycles. The standard InChI is InChI=1S/C19H25N3O3/c23-19(8-7-18-20-16-5-1-2-6-17(16)25-18)22-11-9-21(10-12-22)14-15-4-3-13-24-15/h1-2,5-6,15H,3-4,7-14H2/t15-/m1/s1. The van der Waals surface area contributed by atoms with Gasteiger partial charge in [-0.15, -0.1) is 0 Å². The molecule has 1 atom stereocenters. The SMILES string of the molecule is O=C(CCc1nc2ccccc2o1)N1CCN(C[C@H]2CCCO2)CC1. The predicted octanol–water partition coefficient (Wildman–Crippen LogP) is 2.08. The maximum atomic E-state index is 12.5. The lowest BCUT2D eigenvalue weighted by molar-refractivity contribution is -0.133. The average Bonchev–Trinajstić information content (AvgIpc) is 3.29. The summed E-state index contributed by atoms with van der Waals surface area (Å²) in [5.74, 6) is 0.839. The Labute approximate surface area is 147 Å². The van der Waals surface area contributed by atoms with E-state index >= 15 is 0 Å². The second-order valence-corrected chi connectivity index (χ2v) is 6.89. The van der Waals surface area contributed by atoms with Gasteiger partial charge in [0.25, 0.3) is 0 Å². The molecule has 1 amide bonds. The van der Waals surface area contributed by atoms with Crippen LogP contribution < -0.4 is 0 Å². The highest BCUT2D eigenvalue weighted by Gasteiger charge is 2.24. The first-order valence-electron chi connectivity index (χ1n) is 9.24. The fourth-order valence-corrected chi connectivity index (χ4v) is 3.66. The molecule has 2 fully saturated rings. The smallest absolute Gasteiger partial charge is 0.223 e. The maximum Gasteiger partial charge on any atom is 0.223 e. The van der Waals surface area contributed by atoms with Crippen molar-refractivity contribution in [1.82, 2.24) is 14.8 Å². The van der Waals surface area contributed by atoms with E-state index in [1.165, 1.54) is 12.8 Å². The fraction of sp³-hybridized carbons (Fsp3) is 0.579. The van der Waals surface area contributed by atoms with E-state index in [-0.39, 0.29) is 5.91 Å². The summed E-state index contributed by atoms with van der Waals surface area (Å²) in [7, 11) is 0. The Balaban J connectivity index is 1.23. The lowest BCUT2D eigenvalue weighted by Gasteiger charge is -2.35. The van der Waals surface area contributed by atoms with Crippen molar-refractivity contribution in [2.45, 2.75) is 31.8 Å². The Morgan fingerprint density at radius 2 is 2.04 bits per heavy atom. The first-order chi connectivity index (χ1) is 12.3. The van der Waals surface area contributed by atoms with E-state index in [2.05, 4.69) is 9.88 Å². The van der Waals surface area contributed by atoms with Gasteiger partial charge in [-0.05, 0) is 25.0 Å². The molecule has 0 unspecified atom stereocenters. The summed E-state index contributed by atoms with van der Waals surface area (Å²) >= 11 is 0. The molecule has 0 aliphatic carbocycles. The number of carbonyl (C=O) groups is 1. The normalized spacial score (nSPS) is 21.9. The Hall–Kier alpha value is -1.92. The number of aryl methyl sites for hydroxylation is 1. The number of benzene rings is 1. The third-order valence-electron chi connectivity index (χ3n) is 5.10. The summed E-state index contributed by atoms with van der Waals surface area (Å²) in [4.78, 5) is 21.3. The molecule has 2 aromatic rings. The van der Waals surface area contributed by atoms with Gasteiger partial charge in [0.05, 0.1) is 6.10 Å². The number of piperazine rings is 1. The van der Waals surface area contributed by atoms with Crippen molar-refractivity contribution < 1.29 is 13.9 Å². The van der Waals surface area contributed by atoms with Crippen molar-refractivity contribution in [3.05, 3.63) is 30.2 Å². The van der Waals surface area contributed by atoms with E-state index < -0.39 is 0 Å². The van der Waals surface area contributed by atoms with E-state index in [0.717, 1.165) is 50.4 Å². The van der Waals surface area contributed by atoms with E-state index in [4.69, 9.17) is 9.15 Å². The zero-order valence-corrected chi connectivity index (χ0v) is 14.5. The lowest BCUT2D eigenvalue weighted by atomic mass is 10.2. The van der Waals surface area contributed by atoms with Gasteiger partial charge in [0, 0.05) is 52.2 Å². The van der Waals surface area contributed by atoms with Crippen LogP contribution in [0.2, 0.25) is 0 Å². The molecule has 0 spiro atoms. The Bertz CT molecular complexity index is 683. The van der Waals surface area contributed by atoms with E-state index in [1.807, 2.05) is 29.2 Å². The third kappa shape index (κ3) is 4.02. The topological polar surface area (TPSA) is 58.8 Å². The number of carbonyl (C=O) groups excluding carboxylic acids is 1. The molecule has 0 N–H and O–H groups in total. The van der Waals surface area contributed by atoms with Crippen molar-refractivity contribution in [2.75, 3.05) is 39.3 Å². The molecule has 0 saturated carbocycles. The number of oxazole rings is 1. The third-order valence-corrected chi connectivity index (χ3v) is 5.10. The van der Waals surface area contributed by atoms with Crippen LogP contribution in [-0.4, -0.2) is 66.1 Å². The maximum absolute atomic E-state index is 12.5. The highest BCUT2D eigenvalue weighted by molar-refractivity contribution is 5.77. The first-order valence-corrected chi connectivity index (χ1v) is 9.24. The molecular weight excluding hydrogens is 318 g/mol. The number of aromatic nitrogens is 1. The highest BCUT2D eigenvalue weighted by Crippen LogP contribution is 2.17. The van der Waals surface area contributed by atoms with Crippen molar-refractivity contribution in [2.24, 2.45) is 0 Å². The van der Waals surface area contributed by atoms with Gasteiger partial charge in [0.1, 0.15) is 5.52 Å². The summed E-state index contributed by atoms with van der Waals surface area (Å²) in [5.41, 5.74) is 1.64. The molecule has 3 heterocycles. The molecule has 1 aromatic carbocycles. The van der Waals surface area contributed by atoms with Crippen LogP contribution in [0.25, 0.3) is 11.1 Å². The van der Waals surface area contributed by atoms with Gasteiger partial charge in [0.2, 0.25) is 5.91 Å². The fourth-order valence-electron chi connectivity index (χ4n) is 3.66. The number of rotatable bonds is 5. The molecule has 6 nitrogen and oxygen atoms in total. The molecule has 0 bridgehead atoms. The van der Waals surface area contributed by atoms with Crippen LogP contribution in [0.15, 0.2) is 28.7 Å². The number of hydrogen-bond acceptors (Lipinski definition) is 5. The van der Waals surface area contributed by atoms with Crippen LogP contribution in [0, 0.1) is 0 Å². The molecule has 134 valence electrons. The number of fused-ring (bicyclic) bond motifs is 1. The molecular formula is C19H25N3O3. The zero-order valence-electron chi connectivity index (χ0n) is 14.5. The lowest BCUT2D eigenvalue weighted by Crippen LogP contribution is -2.50. The van der Waals surface area contributed by atoms with Crippen molar-refractivity contribution in [3.63, 3.8) is 0 Å². The Kier molecular flexibility index (Phi) is 4.99. The van der Waals surface area contributed by atoms with Gasteiger partial charge in [-0.25, -0.2) is 4.98 Å². The number of ether oxygens (including phenoxy) is 1. The summed E-state index contributed by atoms with van der Waals surface area (Å²) in [5, 5.41) is 0. The summed E-state index contributed by atoms with van der Waals surface area (Å²) in [6.07, 6.45) is 3.76. The Morgan fingerprint density at radius 3 is 2.80 bits per heavy atom. The molecule has 0 radical (unpaired) electrons. The van der Waals surface area contributed by atoms with Crippen LogP contribution in [0.5, 0.6) is 0 Å². The van der Waals surface area contributed by atoms with E-state index in [1.54, 1.807) is 0 Å². The highest BCUT2D eigenvalue weighted by atomic mass is 16.5. The number of hydrogen-bond donors (Lipinski definition) is 0. The summed E-state index contributed by atoms with van der Waals surface area (Å²) < 4.78 is 11.4. The summed E-state index contributed by atoms with van der Waals surface area (Å²) in [6, 6.07) is 7.70. The van der Waals surface area contributed by atoms with Crippen LogP contribution >= 0.6 is 0 Å². The summed E-state index contributed by atoms with van der Waals surface area (Å²) in [6.45, 7) is 5.39. The second-order valence-electron chi connectivity index (χ2n) is 6.89. The van der Waals surface area contributed by atoms with Gasteiger partial charge < -0.3 is 14.1 Å². The van der Waals surface area contributed by atoms with Gasteiger partial charge in [-0.1, -0.05) is 12.1 Å². The molecule has 25 heavy (non-hydrogen) atoms. The van der Waals surface area contributed by atoms with Crippen LogP contribution in [0.1, 0.15) is 25.2 Å². The van der Waals surface area contributed by atoms with Crippen molar-refractivity contribution in [3.8, 4) is 0 Å². The monoisotopic (exact) mass is 343 g/mol. The van der Waals surface area contributed by atoms with Gasteiger partial charge in [-0.2, -0.15) is 0 Å². The van der Waals surface area contributed by atoms with Crippen LogP contribution in [0.4, 0.5) is 0 Å². The molecule has 2 aliphatic heterocycles. The zero-order chi connectivity index (χ0) is 17.1. The molecule has 2 aliphatic rings. The molecule has 6 heteroatoms. The number of para-hydroxylation sites is 2. The first kappa shape index (κ1) is 16.5. The largest absolute Gasteiger partial charge is 0.441 e. The predicted molar refractivity (Wildman–Crippen MR) is 94.3 cm³/mol. The second kappa shape index (κ2) is 7.54. The van der Waals surface area contributed by atoms with Gasteiger partial charge in [-0.3, -0.25) is 9.69 Å². The van der Waals surface area contributed by atoms with Gasteiger partial charge >= 0.3 is 0 Å². The van der Waals surface area contributed by atoms with Gasteiger partial charge in [0.15, 0.2) is 11.5 Å². The average molecular weight is 343 g/mol. The minimum atomic E-state index is 0.194. The Morgan fingerprint density at radius 1 is 1.20 bits per heavy atom. The number of amides is 1. The quantitative estimate of drug-likeness (QED) is 0.832. The van der Waals surface area contributed by atoms with E-state index in [9.17, 15) is 4.79 Å². The minimum absolute atomic E-state index is 0.194. The molecule has 4 rings (SSSR count). The van der Waals surface area contributed by atoms with Crippen molar-refractivity contribution in [1.29, 1.82) is 0 Å². The van der Waals surface area contributed by atoms with Crippen LogP contribution in [0.3, 0.4) is 0 Å².